The summed E-state index contributed by atoms with van der Waals surface area (Å²) >= 11 is 0. The van der Waals surface area contributed by atoms with Crippen molar-refractivity contribution in [3.63, 3.8) is 0 Å². The van der Waals surface area contributed by atoms with E-state index in [1.807, 2.05) is 0 Å². The number of aliphatic hydroxyl groups excluding tert-OH is 3. The summed E-state index contributed by atoms with van der Waals surface area (Å²) in [4.78, 5) is 15.6. The number of allylic oxidation sites excluding steroid dienone is 2. The summed E-state index contributed by atoms with van der Waals surface area (Å²) in [7, 11) is 0. The third kappa shape index (κ3) is 6.63. The minimum absolute atomic E-state index is 0.202. The normalized spacial score (nSPS) is 14.2. The van der Waals surface area contributed by atoms with Gasteiger partial charge in [0.05, 0.1) is 25.4 Å². The van der Waals surface area contributed by atoms with Crippen molar-refractivity contribution < 1.29 is 20.1 Å². The number of rotatable bonds is 10. The summed E-state index contributed by atoms with van der Waals surface area (Å²) in [6.07, 6.45) is 4.80. The first kappa shape index (κ1) is 19.5. The van der Waals surface area contributed by atoms with E-state index < -0.39 is 31.3 Å². The number of aliphatic hydroxyl groups is 3. The Hall–Kier alpha value is -1.54. The smallest absolute Gasteiger partial charge is 0.228 e. The molecule has 0 rings (SSSR count). The molecule has 1 atom stereocenters. The van der Waals surface area contributed by atoms with Gasteiger partial charge in [0.15, 0.2) is 0 Å². The maximum Gasteiger partial charge on any atom is 0.228 e. The quantitative estimate of drug-likeness (QED) is 0.267. The summed E-state index contributed by atoms with van der Waals surface area (Å²) in [5.74, 6) is -0.652. The van der Waals surface area contributed by atoms with Crippen LogP contribution in [0.1, 0.15) is 13.8 Å². The second-order valence-corrected chi connectivity index (χ2v) is 4.77. The third-order valence-electron chi connectivity index (χ3n) is 3.08. The number of hydrogen-bond acceptors (Lipinski definition) is 6. The highest BCUT2D eigenvalue weighted by Crippen LogP contribution is 2.04. The number of carbonyl (C=O) groups excluding carboxylic acids is 1. The molecule has 0 aliphatic heterocycles. The van der Waals surface area contributed by atoms with Crippen LogP contribution in [0.4, 0.5) is 0 Å². The molecule has 0 aromatic carbocycles. The summed E-state index contributed by atoms with van der Waals surface area (Å²) in [6, 6.07) is 0. The second kappa shape index (κ2) is 10.2. The maximum atomic E-state index is 12.0. The largest absolute Gasteiger partial charge is 0.394 e. The highest BCUT2D eigenvalue weighted by molar-refractivity contribution is 5.80. The van der Waals surface area contributed by atoms with Gasteiger partial charge in [-0.05, 0) is 19.7 Å². The standard InChI is InChI=1S/C14H25N3O4/c1-4-12(5-6-15-3)17-13(21)11(2)7-16-14(8-18,9-19)10-20/h4-6,11,16,18-20H,3,7-10H2,1-2H3,(H,17,21)/b6-5-,12-4+. The molecular formula is C14H25N3O4. The lowest BCUT2D eigenvalue weighted by Gasteiger charge is -2.30. The number of aliphatic imine (C=N–C) groups is 1. The molecule has 0 saturated heterocycles. The van der Waals surface area contributed by atoms with Crippen LogP contribution in [-0.4, -0.2) is 59.8 Å². The molecule has 0 fully saturated rings. The lowest BCUT2D eigenvalue weighted by atomic mass is 10.0. The van der Waals surface area contributed by atoms with Gasteiger partial charge in [-0.15, -0.1) is 0 Å². The molecule has 1 amide bonds. The highest BCUT2D eigenvalue weighted by Gasteiger charge is 2.28. The minimum atomic E-state index is -1.19. The summed E-state index contributed by atoms with van der Waals surface area (Å²) in [6.45, 7) is 5.70. The monoisotopic (exact) mass is 299 g/mol. The molecule has 0 aromatic heterocycles. The van der Waals surface area contributed by atoms with Crippen LogP contribution in [-0.2, 0) is 4.79 Å². The number of nitrogens with one attached hydrogen (secondary N) is 2. The van der Waals surface area contributed by atoms with E-state index in [2.05, 4.69) is 22.3 Å². The number of hydrogen-bond donors (Lipinski definition) is 5. The van der Waals surface area contributed by atoms with E-state index in [1.165, 1.54) is 6.20 Å². The van der Waals surface area contributed by atoms with Crippen molar-refractivity contribution in [1.82, 2.24) is 10.6 Å². The predicted molar refractivity (Wildman–Crippen MR) is 81.7 cm³/mol. The van der Waals surface area contributed by atoms with Crippen LogP contribution >= 0.6 is 0 Å². The van der Waals surface area contributed by atoms with E-state index in [9.17, 15) is 20.1 Å². The van der Waals surface area contributed by atoms with Gasteiger partial charge in [0.2, 0.25) is 5.91 Å². The molecule has 0 aliphatic carbocycles. The van der Waals surface area contributed by atoms with Gasteiger partial charge in [-0.25, -0.2) is 0 Å². The Bertz CT molecular complexity index is 381. The molecule has 0 saturated carbocycles. The average Bonchev–Trinajstić information content (AvgIpc) is 2.52. The van der Waals surface area contributed by atoms with Crippen LogP contribution in [0.3, 0.4) is 0 Å². The fourth-order valence-corrected chi connectivity index (χ4v) is 1.39. The van der Waals surface area contributed by atoms with Crippen molar-refractivity contribution in [1.29, 1.82) is 0 Å². The maximum absolute atomic E-state index is 12.0. The number of carbonyl (C=O) groups is 1. The molecule has 0 spiro atoms. The van der Waals surface area contributed by atoms with Crippen LogP contribution in [0.5, 0.6) is 0 Å². The highest BCUT2D eigenvalue weighted by atomic mass is 16.3. The molecule has 0 aliphatic rings. The molecule has 1 unspecified atom stereocenters. The van der Waals surface area contributed by atoms with E-state index in [1.54, 1.807) is 26.0 Å². The Morgan fingerprint density at radius 1 is 1.33 bits per heavy atom. The molecular weight excluding hydrogens is 274 g/mol. The van der Waals surface area contributed by atoms with Gasteiger partial charge in [-0.3, -0.25) is 9.79 Å². The van der Waals surface area contributed by atoms with Crippen molar-refractivity contribution in [2.45, 2.75) is 19.4 Å². The van der Waals surface area contributed by atoms with E-state index >= 15 is 0 Å². The van der Waals surface area contributed by atoms with Crippen molar-refractivity contribution >= 4 is 12.6 Å². The lowest BCUT2D eigenvalue weighted by molar-refractivity contribution is -0.123. The van der Waals surface area contributed by atoms with Gasteiger partial charge in [0.25, 0.3) is 0 Å². The first-order valence-electron chi connectivity index (χ1n) is 6.65. The first-order valence-corrected chi connectivity index (χ1v) is 6.65. The molecule has 120 valence electrons. The first-order chi connectivity index (χ1) is 9.98. The Kier molecular flexibility index (Phi) is 9.48. The number of nitrogens with zero attached hydrogens (tertiary/aromatic N) is 1. The Balaban J connectivity index is 4.52. The van der Waals surface area contributed by atoms with Gasteiger partial charge in [0, 0.05) is 24.4 Å². The molecule has 0 aromatic rings. The predicted octanol–water partition coefficient (Wildman–Crippen LogP) is -0.838. The number of amides is 1. The molecule has 7 heteroatoms. The summed E-state index contributed by atoms with van der Waals surface area (Å²) in [5, 5.41) is 33.1. The van der Waals surface area contributed by atoms with Crippen molar-refractivity contribution in [2.24, 2.45) is 10.9 Å². The van der Waals surface area contributed by atoms with Crippen LogP contribution in [0, 0.1) is 5.92 Å². The molecule has 7 nitrogen and oxygen atoms in total. The second-order valence-electron chi connectivity index (χ2n) is 4.77. The average molecular weight is 299 g/mol. The lowest BCUT2D eigenvalue weighted by Crippen LogP contribution is -2.56. The van der Waals surface area contributed by atoms with Gasteiger partial charge < -0.3 is 26.0 Å². The van der Waals surface area contributed by atoms with E-state index in [4.69, 9.17) is 0 Å². The molecule has 0 heterocycles. The SMILES string of the molecule is C=N/C=C\C(=C/C)NC(=O)C(C)CNC(CO)(CO)CO. The van der Waals surface area contributed by atoms with Gasteiger partial charge in [-0.2, -0.15) is 0 Å². The Labute approximate surface area is 125 Å². The molecule has 0 radical (unpaired) electrons. The zero-order valence-corrected chi connectivity index (χ0v) is 12.5. The fraction of sp³-hybridized carbons (Fsp3) is 0.571. The molecule has 21 heavy (non-hydrogen) atoms. The van der Waals surface area contributed by atoms with E-state index in [-0.39, 0.29) is 12.5 Å². The zero-order valence-electron chi connectivity index (χ0n) is 12.5. The van der Waals surface area contributed by atoms with Crippen LogP contribution in [0.2, 0.25) is 0 Å². The molecule has 5 N–H and O–H groups in total. The van der Waals surface area contributed by atoms with E-state index in [0.29, 0.717) is 5.70 Å². The van der Waals surface area contributed by atoms with Crippen LogP contribution in [0.25, 0.3) is 0 Å². The van der Waals surface area contributed by atoms with Crippen molar-refractivity contribution in [3.8, 4) is 0 Å². The Morgan fingerprint density at radius 3 is 2.33 bits per heavy atom. The topological polar surface area (TPSA) is 114 Å². The van der Waals surface area contributed by atoms with Gasteiger partial charge in [-0.1, -0.05) is 13.0 Å². The summed E-state index contributed by atoms with van der Waals surface area (Å²) < 4.78 is 0. The summed E-state index contributed by atoms with van der Waals surface area (Å²) in [5.41, 5.74) is -0.595. The van der Waals surface area contributed by atoms with Gasteiger partial charge in [0.1, 0.15) is 0 Å². The minimum Gasteiger partial charge on any atom is -0.394 e. The van der Waals surface area contributed by atoms with Crippen molar-refractivity contribution in [2.75, 3.05) is 26.4 Å². The van der Waals surface area contributed by atoms with E-state index in [0.717, 1.165) is 0 Å². The van der Waals surface area contributed by atoms with Gasteiger partial charge >= 0.3 is 0 Å². The Morgan fingerprint density at radius 2 is 1.90 bits per heavy atom. The third-order valence-corrected chi connectivity index (χ3v) is 3.08. The molecule has 0 bridgehead atoms. The zero-order chi connectivity index (χ0) is 16.3. The van der Waals surface area contributed by atoms with Crippen LogP contribution < -0.4 is 10.6 Å². The van der Waals surface area contributed by atoms with Crippen molar-refractivity contribution in [3.05, 3.63) is 24.0 Å². The fourth-order valence-electron chi connectivity index (χ4n) is 1.39. The van der Waals surface area contributed by atoms with Crippen LogP contribution in [0.15, 0.2) is 29.0 Å².